The summed E-state index contributed by atoms with van der Waals surface area (Å²) in [6.45, 7) is 6.65. The Kier molecular flexibility index (Phi) is 6.88. The molecule has 152 valence electrons. The van der Waals surface area contributed by atoms with E-state index >= 15 is 0 Å². The van der Waals surface area contributed by atoms with Crippen LogP contribution in [0, 0.1) is 0 Å². The molecule has 27 heavy (non-hydrogen) atoms. The Hall–Kier alpha value is -2.06. The van der Waals surface area contributed by atoms with Crippen molar-refractivity contribution in [3.05, 3.63) is 23.3 Å². The smallest absolute Gasteiger partial charge is 0.197 e. The van der Waals surface area contributed by atoms with Crippen molar-refractivity contribution >= 4 is 8.32 Å². The Morgan fingerprint density at radius 2 is 1.15 bits per heavy atom. The molecule has 2 aromatic rings. The van der Waals surface area contributed by atoms with Crippen molar-refractivity contribution in [3.63, 3.8) is 0 Å². The first-order valence-electron chi connectivity index (χ1n) is 9.63. The van der Waals surface area contributed by atoms with Crippen LogP contribution in [0.5, 0.6) is 23.5 Å². The molecule has 0 saturated carbocycles. The van der Waals surface area contributed by atoms with E-state index in [9.17, 15) is 25.2 Å². The summed E-state index contributed by atoms with van der Waals surface area (Å²) >= 11 is 0. The van der Waals surface area contributed by atoms with Gasteiger partial charge in [-0.3, -0.25) is 9.13 Å². The highest BCUT2D eigenvalue weighted by molar-refractivity contribution is 6.71. The second-order valence-electron chi connectivity index (χ2n) is 7.40. The van der Waals surface area contributed by atoms with Crippen LogP contribution in [0.25, 0.3) is 0 Å². The van der Waals surface area contributed by atoms with Gasteiger partial charge in [0.1, 0.15) is 0 Å². The predicted octanol–water partition coefficient (Wildman–Crippen LogP) is 3.28. The summed E-state index contributed by atoms with van der Waals surface area (Å²) in [6, 6.07) is 4.58. The molecule has 2 heterocycles. The molecule has 7 nitrogen and oxygen atoms in total. The Bertz CT molecular complexity index is 704. The molecular formula is C19H32N2O5Si. The molecule has 0 radical (unpaired) electrons. The first-order chi connectivity index (χ1) is 12.7. The van der Waals surface area contributed by atoms with E-state index in [0.29, 0.717) is 49.1 Å². The van der Waals surface area contributed by atoms with Crippen LogP contribution in [0.1, 0.15) is 37.8 Å². The second kappa shape index (κ2) is 8.75. The molecule has 0 aliphatic carbocycles. The highest BCUT2D eigenvalue weighted by atomic mass is 28.4. The van der Waals surface area contributed by atoms with E-state index in [0.717, 1.165) is 12.8 Å². The zero-order valence-corrected chi connectivity index (χ0v) is 17.4. The van der Waals surface area contributed by atoms with Gasteiger partial charge in [0.05, 0.1) is 0 Å². The lowest BCUT2D eigenvalue weighted by molar-refractivity contribution is 0.370. The Morgan fingerprint density at radius 1 is 0.778 bits per heavy atom. The lowest BCUT2D eigenvalue weighted by Crippen LogP contribution is -2.29. The second-order valence-corrected chi connectivity index (χ2v) is 11.4. The van der Waals surface area contributed by atoms with Crippen LogP contribution in [-0.4, -0.2) is 42.7 Å². The standard InChI is InChI=1S/C19H32N2O5Si/c1-4-20-16(22)12-14(18(20)24)8-6-10-27(3,26)11-7-9-15-13-17(23)21(5-2)19(15)25/h12-13,22-26H,4-11H2,1-3H3. The Morgan fingerprint density at radius 3 is 1.44 bits per heavy atom. The molecule has 0 aliphatic rings. The van der Waals surface area contributed by atoms with Gasteiger partial charge in [0, 0.05) is 36.3 Å². The number of nitrogens with zero attached hydrogens (tertiary/aromatic N) is 2. The summed E-state index contributed by atoms with van der Waals surface area (Å²) in [5.41, 5.74) is 1.42. The predicted molar refractivity (Wildman–Crippen MR) is 107 cm³/mol. The number of aryl methyl sites for hydroxylation is 2. The topological polar surface area (TPSA) is 111 Å². The Labute approximate surface area is 161 Å². The van der Waals surface area contributed by atoms with Gasteiger partial charge in [-0.15, -0.1) is 0 Å². The zero-order chi connectivity index (χ0) is 20.2. The number of aromatic nitrogens is 2. The number of hydrogen-bond donors (Lipinski definition) is 5. The molecule has 2 aromatic heterocycles. The van der Waals surface area contributed by atoms with Crippen LogP contribution in [0.4, 0.5) is 0 Å². The first-order valence-corrected chi connectivity index (χ1v) is 12.5. The maximum Gasteiger partial charge on any atom is 0.197 e. The quantitative estimate of drug-likeness (QED) is 0.396. The van der Waals surface area contributed by atoms with Crippen molar-refractivity contribution in [2.24, 2.45) is 0 Å². The highest BCUT2D eigenvalue weighted by Gasteiger charge is 2.24. The van der Waals surface area contributed by atoms with Gasteiger partial charge in [0.2, 0.25) is 0 Å². The van der Waals surface area contributed by atoms with Crippen LogP contribution in [-0.2, 0) is 25.9 Å². The maximum atomic E-state index is 10.7. The van der Waals surface area contributed by atoms with E-state index in [1.807, 2.05) is 20.4 Å². The third-order valence-electron chi connectivity index (χ3n) is 5.20. The molecule has 0 aliphatic heterocycles. The van der Waals surface area contributed by atoms with Gasteiger partial charge in [-0.2, -0.15) is 0 Å². The molecule has 5 N–H and O–H groups in total. The lowest BCUT2D eigenvalue weighted by Gasteiger charge is -2.20. The normalized spacial score (nSPS) is 12.0. The van der Waals surface area contributed by atoms with Crippen LogP contribution < -0.4 is 0 Å². The minimum Gasteiger partial charge on any atom is -0.494 e. The molecule has 0 amide bonds. The summed E-state index contributed by atoms with van der Waals surface area (Å²) < 4.78 is 2.91. The van der Waals surface area contributed by atoms with Gasteiger partial charge in [0.25, 0.3) is 0 Å². The molecule has 0 bridgehead atoms. The van der Waals surface area contributed by atoms with Gasteiger partial charge >= 0.3 is 0 Å². The molecule has 0 atom stereocenters. The van der Waals surface area contributed by atoms with Crippen molar-refractivity contribution < 1.29 is 25.2 Å². The fourth-order valence-corrected chi connectivity index (χ4v) is 5.72. The van der Waals surface area contributed by atoms with Crippen LogP contribution in [0.2, 0.25) is 18.6 Å². The monoisotopic (exact) mass is 396 g/mol. The van der Waals surface area contributed by atoms with Crippen molar-refractivity contribution in [3.8, 4) is 23.5 Å². The number of rotatable bonds is 10. The highest BCUT2D eigenvalue weighted by Crippen LogP contribution is 2.31. The van der Waals surface area contributed by atoms with Crippen LogP contribution in [0.3, 0.4) is 0 Å². The largest absolute Gasteiger partial charge is 0.494 e. The van der Waals surface area contributed by atoms with E-state index in [1.165, 1.54) is 9.13 Å². The molecule has 8 heteroatoms. The average molecular weight is 397 g/mol. The fraction of sp³-hybridized carbons (Fsp3) is 0.579. The van der Waals surface area contributed by atoms with Gasteiger partial charge in [-0.05, 0) is 58.2 Å². The molecule has 0 unspecified atom stereocenters. The zero-order valence-electron chi connectivity index (χ0n) is 16.4. The van der Waals surface area contributed by atoms with E-state index in [1.54, 1.807) is 12.1 Å². The summed E-state index contributed by atoms with van der Waals surface area (Å²) in [6.07, 6.45) is 2.73. The van der Waals surface area contributed by atoms with E-state index in [-0.39, 0.29) is 23.5 Å². The van der Waals surface area contributed by atoms with E-state index < -0.39 is 8.32 Å². The third kappa shape index (κ3) is 5.01. The molecule has 0 fully saturated rings. The Balaban J connectivity index is 1.81. The minimum atomic E-state index is -2.38. The summed E-state index contributed by atoms with van der Waals surface area (Å²) in [4.78, 5) is 10.7. The van der Waals surface area contributed by atoms with E-state index in [4.69, 9.17) is 0 Å². The van der Waals surface area contributed by atoms with Crippen LogP contribution in [0.15, 0.2) is 12.1 Å². The number of hydrogen-bond acceptors (Lipinski definition) is 5. The average Bonchev–Trinajstić information content (AvgIpc) is 3.02. The molecule has 0 saturated heterocycles. The van der Waals surface area contributed by atoms with Gasteiger partial charge in [-0.1, -0.05) is 0 Å². The fourth-order valence-electron chi connectivity index (χ4n) is 3.60. The maximum absolute atomic E-state index is 10.7. The van der Waals surface area contributed by atoms with E-state index in [2.05, 4.69) is 0 Å². The molecule has 0 spiro atoms. The molecule has 0 aromatic carbocycles. The summed E-state index contributed by atoms with van der Waals surface area (Å²) in [5.74, 6) is 0.339. The van der Waals surface area contributed by atoms with Crippen molar-refractivity contribution in [2.75, 3.05) is 0 Å². The minimum absolute atomic E-state index is 0.0658. The SMILES string of the molecule is CCn1c(O)cc(CCC[Si](C)(O)CCCc2cc(O)n(CC)c2O)c1O. The van der Waals surface area contributed by atoms with Crippen LogP contribution >= 0.6 is 0 Å². The summed E-state index contributed by atoms with van der Waals surface area (Å²) in [5, 5.41) is 39.7. The molecule has 2 rings (SSSR count). The van der Waals surface area contributed by atoms with Gasteiger partial charge in [0.15, 0.2) is 31.8 Å². The van der Waals surface area contributed by atoms with Gasteiger partial charge < -0.3 is 25.2 Å². The van der Waals surface area contributed by atoms with Crippen molar-refractivity contribution in [2.45, 2.75) is 71.3 Å². The number of aromatic hydroxyl groups is 4. The van der Waals surface area contributed by atoms with Gasteiger partial charge in [-0.25, -0.2) is 0 Å². The molecular weight excluding hydrogens is 364 g/mol. The lowest BCUT2D eigenvalue weighted by atomic mass is 10.2. The third-order valence-corrected chi connectivity index (χ3v) is 8.06. The summed E-state index contributed by atoms with van der Waals surface area (Å²) in [7, 11) is -2.38. The first kappa shape index (κ1) is 21.2. The van der Waals surface area contributed by atoms with Crippen molar-refractivity contribution in [1.82, 2.24) is 9.13 Å². The van der Waals surface area contributed by atoms with Crippen molar-refractivity contribution in [1.29, 1.82) is 0 Å².